The largest absolute Gasteiger partial charge is 0.368 e. The molecule has 1 amide bonds. The van der Waals surface area contributed by atoms with Gasteiger partial charge in [0.05, 0.1) is 4.90 Å². The van der Waals surface area contributed by atoms with Crippen molar-refractivity contribution in [2.45, 2.75) is 25.7 Å². The molecule has 7 heteroatoms. The molecule has 1 fully saturated rings. The van der Waals surface area contributed by atoms with Gasteiger partial charge in [0, 0.05) is 50.5 Å². The number of anilines is 1. The third-order valence-electron chi connectivity index (χ3n) is 5.47. The third-order valence-corrected chi connectivity index (χ3v) is 7.52. The molecule has 0 N–H and O–H groups in total. The van der Waals surface area contributed by atoms with Gasteiger partial charge in [0.25, 0.3) is 5.91 Å². The Labute approximate surface area is 173 Å². The number of nitrogens with zero attached hydrogens (tertiary/aromatic N) is 3. The highest BCUT2D eigenvalue weighted by Gasteiger charge is 2.27. The van der Waals surface area contributed by atoms with Crippen LogP contribution in [0.2, 0.25) is 0 Å². The molecule has 0 aromatic heterocycles. The van der Waals surface area contributed by atoms with Crippen molar-refractivity contribution in [3.63, 3.8) is 0 Å². The minimum atomic E-state index is -3.60. The van der Waals surface area contributed by atoms with Crippen molar-refractivity contribution >= 4 is 21.6 Å². The van der Waals surface area contributed by atoms with E-state index in [-0.39, 0.29) is 10.8 Å². The molecular weight excluding hydrogens is 386 g/mol. The molecule has 0 radical (unpaired) electrons. The minimum absolute atomic E-state index is 0.105. The van der Waals surface area contributed by atoms with E-state index in [1.165, 1.54) is 10.4 Å². The van der Waals surface area contributed by atoms with Crippen LogP contribution in [-0.4, -0.2) is 62.8 Å². The quantitative estimate of drug-likeness (QED) is 0.728. The van der Waals surface area contributed by atoms with Gasteiger partial charge in [-0.3, -0.25) is 4.79 Å². The summed E-state index contributed by atoms with van der Waals surface area (Å²) in [6, 6.07) is 15.0. The molecule has 2 aromatic rings. The van der Waals surface area contributed by atoms with E-state index in [2.05, 4.69) is 17.0 Å². The lowest BCUT2D eigenvalue weighted by atomic mass is 10.1. The van der Waals surface area contributed by atoms with Crippen molar-refractivity contribution in [3.05, 3.63) is 59.7 Å². The zero-order valence-corrected chi connectivity index (χ0v) is 18.2. The Morgan fingerprint density at radius 3 is 2.17 bits per heavy atom. The zero-order valence-electron chi connectivity index (χ0n) is 17.3. The Balaban J connectivity index is 1.78. The molecule has 0 spiro atoms. The maximum absolute atomic E-state index is 13.2. The monoisotopic (exact) mass is 415 g/mol. The van der Waals surface area contributed by atoms with E-state index in [9.17, 15) is 13.2 Å². The van der Waals surface area contributed by atoms with E-state index in [4.69, 9.17) is 0 Å². The number of hydrogen-bond acceptors (Lipinski definition) is 4. The summed E-state index contributed by atoms with van der Waals surface area (Å²) in [5.41, 5.74) is 2.41. The molecule has 1 saturated heterocycles. The Morgan fingerprint density at radius 2 is 1.59 bits per heavy atom. The standard InChI is InChI=1S/C22H29N3O3S/c1-4-25(5-2)29(27,28)20-12-11-18(3)21(17-20)22(26)24-15-13-23(14-16-24)19-9-7-6-8-10-19/h6-12,17H,4-5,13-16H2,1-3H3. The molecule has 156 valence electrons. The normalized spacial score (nSPS) is 15.0. The first kappa shape index (κ1) is 21.3. The first-order chi connectivity index (χ1) is 13.9. The van der Waals surface area contributed by atoms with Gasteiger partial charge in [-0.15, -0.1) is 0 Å². The number of piperazine rings is 1. The maximum Gasteiger partial charge on any atom is 0.254 e. The van der Waals surface area contributed by atoms with Crippen LogP contribution in [0.15, 0.2) is 53.4 Å². The van der Waals surface area contributed by atoms with Gasteiger partial charge in [0.15, 0.2) is 0 Å². The first-order valence-electron chi connectivity index (χ1n) is 10.1. The molecule has 0 bridgehead atoms. The smallest absolute Gasteiger partial charge is 0.254 e. The van der Waals surface area contributed by atoms with Crippen LogP contribution in [0.5, 0.6) is 0 Å². The highest BCUT2D eigenvalue weighted by atomic mass is 32.2. The average molecular weight is 416 g/mol. The topological polar surface area (TPSA) is 60.9 Å². The molecular formula is C22H29N3O3S. The second-order valence-electron chi connectivity index (χ2n) is 7.18. The number of benzene rings is 2. The van der Waals surface area contributed by atoms with Gasteiger partial charge in [-0.25, -0.2) is 8.42 Å². The molecule has 0 aliphatic carbocycles. The Hall–Kier alpha value is -2.38. The fourth-order valence-corrected chi connectivity index (χ4v) is 5.17. The molecule has 2 aromatic carbocycles. The highest BCUT2D eigenvalue weighted by Crippen LogP contribution is 2.22. The summed E-state index contributed by atoms with van der Waals surface area (Å²) in [5, 5.41) is 0. The van der Waals surface area contributed by atoms with E-state index >= 15 is 0 Å². The number of aryl methyl sites for hydroxylation is 1. The number of hydrogen-bond donors (Lipinski definition) is 0. The molecule has 0 saturated carbocycles. The predicted octanol–water partition coefficient (Wildman–Crippen LogP) is 2.99. The molecule has 1 aliphatic heterocycles. The van der Waals surface area contributed by atoms with Crippen molar-refractivity contribution in [2.75, 3.05) is 44.2 Å². The van der Waals surface area contributed by atoms with E-state index in [0.717, 1.165) is 24.3 Å². The Bertz CT molecular complexity index is 949. The first-order valence-corrected chi connectivity index (χ1v) is 11.5. The zero-order chi connectivity index (χ0) is 21.0. The van der Waals surface area contributed by atoms with E-state index < -0.39 is 10.0 Å². The lowest BCUT2D eigenvalue weighted by Gasteiger charge is -2.36. The van der Waals surface area contributed by atoms with Crippen LogP contribution in [0.4, 0.5) is 5.69 Å². The molecule has 1 aliphatic rings. The number of amides is 1. The van der Waals surface area contributed by atoms with Crippen LogP contribution < -0.4 is 4.90 Å². The fraction of sp³-hybridized carbons (Fsp3) is 0.409. The van der Waals surface area contributed by atoms with Crippen LogP contribution in [0.1, 0.15) is 29.8 Å². The number of rotatable bonds is 6. The summed E-state index contributed by atoms with van der Waals surface area (Å²) in [7, 11) is -3.60. The second-order valence-corrected chi connectivity index (χ2v) is 9.12. The summed E-state index contributed by atoms with van der Waals surface area (Å²) in [6.45, 7) is 9.01. The van der Waals surface area contributed by atoms with Crippen molar-refractivity contribution in [2.24, 2.45) is 0 Å². The lowest BCUT2D eigenvalue weighted by molar-refractivity contribution is 0.0746. The highest BCUT2D eigenvalue weighted by molar-refractivity contribution is 7.89. The predicted molar refractivity (Wildman–Crippen MR) is 116 cm³/mol. The van der Waals surface area contributed by atoms with Crippen molar-refractivity contribution < 1.29 is 13.2 Å². The second kappa shape index (κ2) is 8.97. The molecule has 3 rings (SSSR count). The van der Waals surface area contributed by atoms with Crippen molar-refractivity contribution in [1.29, 1.82) is 0 Å². The minimum Gasteiger partial charge on any atom is -0.368 e. The molecule has 0 unspecified atom stereocenters. The van der Waals surface area contributed by atoms with E-state index in [1.807, 2.05) is 43.9 Å². The summed E-state index contributed by atoms with van der Waals surface area (Å²) in [4.78, 5) is 17.4. The third kappa shape index (κ3) is 4.46. The number of sulfonamides is 1. The molecule has 6 nitrogen and oxygen atoms in total. The summed E-state index contributed by atoms with van der Waals surface area (Å²) < 4.78 is 27.1. The van der Waals surface area contributed by atoms with Crippen LogP contribution in [0.25, 0.3) is 0 Å². The summed E-state index contributed by atoms with van der Waals surface area (Å²) in [6.07, 6.45) is 0. The van der Waals surface area contributed by atoms with Crippen molar-refractivity contribution in [3.8, 4) is 0 Å². The van der Waals surface area contributed by atoms with E-state index in [1.54, 1.807) is 12.1 Å². The lowest BCUT2D eigenvalue weighted by Crippen LogP contribution is -2.49. The van der Waals surface area contributed by atoms with Crippen LogP contribution in [-0.2, 0) is 10.0 Å². The summed E-state index contributed by atoms with van der Waals surface area (Å²) >= 11 is 0. The van der Waals surface area contributed by atoms with Gasteiger partial charge in [-0.1, -0.05) is 38.1 Å². The van der Waals surface area contributed by atoms with Gasteiger partial charge < -0.3 is 9.80 Å². The number of carbonyl (C=O) groups is 1. The van der Waals surface area contributed by atoms with Gasteiger partial charge >= 0.3 is 0 Å². The van der Waals surface area contributed by atoms with Gasteiger partial charge in [0.1, 0.15) is 0 Å². The van der Waals surface area contributed by atoms with Gasteiger partial charge in [0.2, 0.25) is 10.0 Å². The van der Waals surface area contributed by atoms with Gasteiger partial charge in [-0.05, 0) is 36.8 Å². The van der Waals surface area contributed by atoms with Crippen LogP contribution in [0.3, 0.4) is 0 Å². The Kier molecular flexibility index (Phi) is 6.59. The molecule has 0 atom stereocenters. The molecule has 29 heavy (non-hydrogen) atoms. The van der Waals surface area contributed by atoms with Crippen LogP contribution >= 0.6 is 0 Å². The Morgan fingerprint density at radius 1 is 0.966 bits per heavy atom. The van der Waals surface area contributed by atoms with Crippen molar-refractivity contribution in [1.82, 2.24) is 9.21 Å². The fourth-order valence-electron chi connectivity index (χ4n) is 3.68. The van der Waals surface area contributed by atoms with E-state index in [0.29, 0.717) is 31.7 Å². The number of para-hydroxylation sites is 1. The molecule has 1 heterocycles. The summed E-state index contributed by atoms with van der Waals surface area (Å²) in [5.74, 6) is -0.105. The SMILES string of the molecule is CCN(CC)S(=O)(=O)c1ccc(C)c(C(=O)N2CCN(c3ccccc3)CC2)c1. The van der Waals surface area contributed by atoms with Crippen LogP contribution in [0, 0.1) is 6.92 Å². The average Bonchev–Trinajstić information content (AvgIpc) is 2.75. The van der Waals surface area contributed by atoms with Gasteiger partial charge in [-0.2, -0.15) is 4.31 Å². The number of carbonyl (C=O) groups excluding carboxylic acids is 1. The maximum atomic E-state index is 13.2.